The summed E-state index contributed by atoms with van der Waals surface area (Å²) in [5.74, 6) is 2.57. The molecule has 0 bridgehead atoms. The van der Waals surface area contributed by atoms with E-state index in [9.17, 15) is 0 Å². The van der Waals surface area contributed by atoms with Crippen LogP contribution in [0.25, 0.3) is 0 Å². The fraction of sp³-hybridized carbons (Fsp3) is 0.478. The molecule has 0 aliphatic heterocycles. The van der Waals surface area contributed by atoms with Gasteiger partial charge in [0, 0.05) is 12.1 Å². The molecule has 1 aliphatic rings. The Hall–Kier alpha value is -1.80. The lowest BCUT2D eigenvalue weighted by Crippen LogP contribution is -2.40. The fourth-order valence-corrected chi connectivity index (χ4v) is 3.92. The van der Waals surface area contributed by atoms with Gasteiger partial charge in [0.25, 0.3) is 0 Å². The minimum Gasteiger partial charge on any atom is -0.489 e. The fourth-order valence-electron chi connectivity index (χ4n) is 3.92. The number of hydrogen-bond acceptors (Lipinski definition) is 2. The van der Waals surface area contributed by atoms with Gasteiger partial charge in [-0.3, -0.25) is 0 Å². The first-order chi connectivity index (χ1) is 12.1. The maximum Gasteiger partial charge on any atom is 0.119 e. The number of rotatable bonds is 6. The molecule has 3 rings (SSSR count). The SMILES string of the molecule is CC1CCC(NC(C)c2ccc(OCc3ccccc3)cc2)C(C)C1. The molecule has 134 valence electrons. The van der Waals surface area contributed by atoms with Crippen molar-refractivity contribution in [3.05, 3.63) is 65.7 Å². The summed E-state index contributed by atoms with van der Waals surface area (Å²) in [5.41, 5.74) is 2.53. The van der Waals surface area contributed by atoms with Crippen LogP contribution >= 0.6 is 0 Å². The molecule has 2 aromatic carbocycles. The average molecular weight is 338 g/mol. The molecule has 1 fully saturated rings. The van der Waals surface area contributed by atoms with Gasteiger partial charge in [0.1, 0.15) is 12.4 Å². The minimum atomic E-state index is 0.379. The van der Waals surface area contributed by atoms with E-state index in [0.29, 0.717) is 18.7 Å². The second-order valence-electron chi connectivity index (χ2n) is 7.73. The molecule has 4 atom stereocenters. The lowest BCUT2D eigenvalue weighted by Gasteiger charge is -2.35. The van der Waals surface area contributed by atoms with Crippen LogP contribution in [0.2, 0.25) is 0 Å². The zero-order valence-corrected chi connectivity index (χ0v) is 15.7. The number of ether oxygens (including phenoxy) is 1. The van der Waals surface area contributed by atoms with E-state index in [-0.39, 0.29) is 0 Å². The number of benzene rings is 2. The first kappa shape index (κ1) is 18.0. The van der Waals surface area contributed by atoms with E-state index < -0.39 is 0 Å². The first-order valence-corrected chi connectivity index (χ1v) is 9.64. The Balaban J connectivity index is 1.52. The van der Waals surface area contributed by atoms with Gasteiger partial charge in [0.15, 0.2) is 0 Å². The van der Waals surface area contributed by atoms with Gasteiger partial charge in [0.05, 0.1) is 0 Å². The highest BCUT2D eigenvalue weighted by molar-refractivity contribution is 5.29. The van der Waals surface area contributed by atoms with Crippen molar-refractivity contribution in [2.45, 2.75) is 58.7 Å². The Morgan fingerprint density at radius 1 is 1.00 bits per heavy atom. The summed E-state index contributed by atoms with van der Waals surface area (Å²) in [4.78, 5) is 0. The van der Waals surface area contributed by atoms with E-state index in [0.717, 1.165) is 17.6 Å². The van der Waals surface area contributed by atoms with Crippen LogP contribution in [0.1, 0.15) is 57.2 Å². The second kappa shape index (κ2) is 8.53. The number of hydrogen-bond donors (Lipinski definition) is 1. The standard InChI is InChI=1S/C23H31NO/c1-17-9-14-23(18(2)15-17)24-19(3)21-10-12-22(13-11-21)25-16-20-7-5-4-6-8-20/h4-8,10-13,17-19,23-24H,9,14-16H2,1-3H3. The van der Waals surface area contributed by atoms with Crippen LogP contribution in [0.15, 0.2) is 54.6 Å². The van der Waals surface area contributed by atoms with Gasteiger partial charge in [-0.2, -0.15) is 0 Å². The van der Waals surface area contributed by atoms with Gasteiger partial charge in [-0.1, -0.05) is 56.3 Å². The average Bonchev–Trinajstić information content (AvgIpc) is 2.63. The van der Waals surface area contributed by atoms with Crippen LogP contribution in [0.4, 0.5) is 0 Å². The van der Waals surface area contributed by atoms with Crippen LogP contribution in [0, 0.1) is 11.8 Å². The molecule has 2 heteroatoms. The molecule has 2 aromatic rings. The molecule has 4 unspecified atom stereocenters. The highest BCUT2D eigenvalue weighted by Gasteiger charge is 2.26. The van der Waals surface area contributed by atoms with E-state index in [1.54, 1.807) is 0 Å². The van der Waals surface area contributed by atoms with Crippen LogP contribution < -0.4 is 10.1 Å². The highest BCUT2D eigenvalue weighted by Crippen LogP contribution is 2.30. The quantitative estimate of drug-likeness (QED) is 0.725. The molecule has 1 saturated carbocycles. The van der Waals surface area contributed by atoms with Crippen LogP contribution in [-0.4, -0.2) is 6.04 Å². The monoisotopic (exact) mass is 337 g/mol. The molecule has 1 aliphatic carbocycles. The number of nitrogens with one attached hydrogen (secondary N) is 1. The van der Waals surface area contributed by atoms with E-state index in [1.807, 2.05) is 18.2 Å². The summed E-state index contributed by atoms with van der Waals surface area (Å²) in [6, 6.07) is 19.9. The van der Waals surface area contributed by atoms with Gasteiger partial charge in [-0.05, 0) is 61.3 Å². The van der Waals surface area contributed by atoms with Crippen molar-refractivity contribution in [3.63, 3.8) is 0 Å². The molecule has 0 radical (unpaired) electrons. The molecule has 25 heavy (non-hydrogen) atoms. The molecular weight excluding hydrogens is 306 g/mol. The van der Waals surface area contributed by atoms with Crippen LogP contribution in [-0.2, 0) is 6.61 Å². The largest absolute Gasteiger partial charge is 0.489 e. The lowest BCUT2D eigenvalue weighted by atomic mass is 9.79. The van der Waals surface area contributed by atoms with Crippen molar-refractivity contribution in [3.8, 4) is 5.75 Å². The topological polar surface area (TPSA) is 21.3 Å². The van der Waals surface area contributed by atoms with E-state index in [1.165, 1.54) is 30.4 Å². The maximum absolute atomic E-state index is 5.89. The summed E-state index contributed by atoms with van der Waals surface area (Å²) in [5, 5.41) is 3.84. The summed E-state index contributed by atoms with van der Waals surface area (Å²) >= 11 is 0. The Morgan fingerprint density at radius 3 is 2.40 bits per heavy atom. The molecule has 1 N–H and O–H groups in total. The Morgan fingerprint density at radius 2 is 1.72 bits per heavy atom. The summed E-state index contributed by atoms with van der Waals surface area (Å²) < 4.78 is 5.89. The molecule has 0 amide bonds. The summed E-state index contributed by atoms with van der Waals surface area (Å²) in [6.07, 6.45) is 3.99. The highest BCUT2D eigenvalue weighted by atomic mass is 16.5. The third-order valence-electron chi connectivity index (χ3n) is 5.52. The van der Waals surface area contributed by atoms with Crippen molar-refractivity contribution in [1.29, 1.82) is 0 Å². The molecule has 0 spiro atoms. The summed E-state index contributed by atoms with van der Waals surface area (Å²) in [6.45, 7) is 7.65. The molecule has 0 saturated heterocycles. The molecule has 0 heterocycles. The van der Waals surface area contributed by atoms with Crippen molar-refractivity contribution in [1.82, 2.24) is 5.32 Å². The van der Waals surface area contributed by atoms with Crippen molar-refractivity contribution in [2.24, 2.45) is 11.8 Å². The van der Waals surface area contributed by atoms with Gasteiger partial charge >= 0.3 is 0 Å². The zero-order chi connectivity index (χ0) is 17.6. The summed E-state index contributed by atoms with van der Waals surface area (Å²) in [7, 11) is 0. The van der Waals surface area contributed by atoms with E-state index in [4.69, 9.17) is 4.74 Å². The normalized spacial score (nSPS) is 24.7. The van der Waals surface area contributed by atoms with Crippen LogP contribution in [0.5, 0.6) is 5.75 Å². The van der Waals surface area contributed by atoms with Gasteiger partial charge in [-0.25, -0.2) is 0 Å². The zero-order valence-electron chi connectivity index (χ0n) is 15.7. The first-order valence-electron chi connectivity index (χ1n) is 9.64. The van der Waals surface area contributed by atoms with E-state index in [2.05, 4.69) is 62.5 Å². The predicted octanol–water partition coefficient (Wildman–Crippen LogP) is 5.74. The van der Waals surface area contributed by atoms with Gasteiger partial charge in [-0.15, -0.1) is 0 Å². The third-order valence-corrected chi connectivity index (χ3v) is 5.52. The smallest absolute Gasteiger partial charge is 0.119 e. The van der Waals surface area contributed by atoms with Gasteiger partial charge in [0.2, 0.25) is 0 Å². The van der Waals surface area contributed by atoms with E-state index >= 15 is 0 Å². The maximum atomic E-state index is 5.89. The molecule has 0 aromatic heterocycles. The Labute approximate surface area is 152 Å². The predicted molar refractivity (Wildman–Crippen MR) is 105 cm³/mol. The van der Waals surface area contributed by atoms with Crippen molar-refractivity contribution in [2.75, 3.05) is 0 Å². The third kappa shape index (κ3) is 5.09. The van der Waals surface area contributed by atoms with Crippen molar-refractivity contribution < 1.29 is 4.74 Å². The van der Waals surface area contributed by atoms with Gasteiger partial charge < -0.3 is 10.1 Å². The second-order valence-corrected chi connectivity index (χ2v) is 7.73. The Kier molecular flexibility index (Phi) is 6.14. The lowest BCUT2D eigenvalue weighted by molar-refractivity contribution is 0.216. The minimum absolute atomic E-state index is 0.379. The molecular formula is C23H31NO. The molecule has 2 nitrogen and oxygen atoms in total. The van der Waals surface area contributed by atoms with Crippen molar-refractivity contribution >= 4 is 0 Å². The van der Waals surface area contributed by atoms with Crippen LogP contribution in [0.3, 0.4) is 0 Å². The Bertz CT molecular complexity index is 637.